The lowest BCUT2D eigenvalue weighted by atomic mass is 9.83. The maximum absolute atomic E-state index is 11.1. The van der Waals surface area contributed by atoms with Crippen molar-refractivity contribution in [1.29, 1.82) is 0 Å². The first-order valence-corrected chi connectivity index (χ1v) is 18.4. The molecule has 4 heteroatoms. The van der Waals surface area contributed by atoms with Crippen molar-refractivity contribution in [3.63, 3.8) is 0 Å². The summed E-state index contributed by atoms with van der Waals surface area (Å²) in [4.78, 5) is 10.3. The number of hydrogen-bond donors (Lipinski definition) is 1. The average molecular weight is 692 g/mol. The number of imidazole rings is 1. The van der Waals surface area contributed by atoms with Gasteiger partial charge in [-0.15, -0.1) is 0 Å². The van der Waals surface area contributed by atoms with E-state index in [1.54, 1.807) is 6.07 Å². The van der Waals surface area contributed by atoms with E-state index in [0.29, 0.717) is 11.4 Å². The predicted molar refractivity (Wildman–Crippen MR) is 221 cm³/mol. The first-order valence-electron chi connectivity index (χ1n) is 18.4. The van der Waals surface area contributed by atoms with E-state index in [1.165, 1.54) is 22.3 Å². The van der Waals surface area contributed by atoms with Crippen molar-refractivity contribution in [3.8, 4) is 45.1 Å². The molecule has 0 saturated heterocycles. The molecule has 0 aliphatic carbocycles. The molecule has 8 aromatic rings. The van der Waals surface area contributed by atoms with Crippen molar-refractivity contribution >= 4 is 21.9 Å². The van der Waals surface area contributed by atoms with Crippen molar-refractivity contribution in [2.75, 3.05) is 0 Å². The summed E-state index contributed by atoms with van der Waals surface area (Å²) in [6, 6.07) is 49.0. The fraction of sp³-hybridized carbons (Fsp3) is 0.184. The minimum Gasteiger partial charge on any atom is -0.507 e. The zero-order chi connectivity index (χ0) is 36.9. The Morgan fingerprint density at radius 3 is 1.94 bits per heavy atom. The Labute approximate surface area is 312 Å². The molecule has 0 saturated carbocycles. The molecule has 0 aliphatic heterocycles. The molecule has 8 rings (SSSR count). The maximum Gasteiger partial charge on any atom is 0.149 e. The third kappa shape index (κ3) is 6.62. The van der Waals surface area contributed by atoms with Crippen molar-refractivity contribution < 1.29 is 5.11 Å². The number of aromatic nitrogens is 3. The molecule has 2 aromatic heterocycles. The first-order chi connectivity index (χ1) is 25.4. The SMILES string of the molecule is CC(C)(C)c1ccc(-n2c(-c3ccccc3O)nc3c(-c4cc(Cc5ccccc5)cc(-c5cc(C(C)(C)C)cc6cccnc56)c4)cccc32)cc1. The van der Waals surface area contributed by atoms with Crippen LogP contribution in [-0.4, -0.2) is 19.6 Å². The van der Waals surface area contributed by atoms with E-state index in [1.807, 2.05) is 30.5 Å². The van der Waals surface area contributed by atoms with Crippen LogP contribution in [-0.2, 0) is 17.3 Å². The normalized spacial score (nSPS) is 12.1. The monoisotopic (exact) mass is 691 g/mol. The van der Waals surface area contributed by atoms with Gasteiger partial charge in [0.2, 0.25) is 0 Å². The maximum atomic E-state index is 11.1. The number of hydrogen-bond acceptors (Lipinski definition) is 3. The van der Waals surface area contributed by atoms with E-state index >= 15 is 0 Å². The smallest absolute Gasteiger partial charge is 0.149 e. The number of nitrogens with zero attached hydrogens (tertiary/aromatic N) is 3. The van der Waals surface area contributed by atoms with Gasteiger partial charge in [0.25, 0.3) is 0 Å². The summed E-state index contributed by atoms with van der Waals surface area (Å²) in [5, 5.41) is 12.3. The van der Waals surface area contributed by atoms with E-state index < -0.39 is 0 Å². The van der Waals surface area contributed by atoms with Crippen LogP contribution in [0.5, 0.6) is 5.75 Å². The van der Waals surface area contributed by atoms with Crippen LogP contribution in [0, 0.1) is 0 Å². The first kappa shape index (κ1) is 34.1. The van der Waals surface area contributed by atoms with Crippen LogP contribution in [0.15, 0.2) is 146 Å². The van der Waals surface area contributed by atoms with E-state index in [-0.39, 0.29) is 16.6 Å². The Morgan fingerprint density at radius 1 is 0.547 bits per heavy atom. The van der Waals surface area contributed by atoms with Crippen LogP contribution in [0.25, 0.3) is 61.3 Å². The van der Waals surface area contributed by atoms with Gasteiger partial charge in [-0.05, 0) is 105 Å². The van der Waals surface area contributed by atoms with Crippen LogP contribution >= 0.6 is 0 Å². The van der Waals surface area contributed by atoms with Gasteiger partial charge in [-0.25, -0.2) is 4.98 Å². The second-order valence-electron chi connectivity index (χ2n) is 16.2. The molecule has 0 atom stereocenters. The Balaban J connectivity index is 1.39. The zero-order valence-electron chi connectivity index (χ0n) is 31.4. The number of aromatic hydroxyl groups is 1. The summed E-state index contributed by atoms with van der Waals surface area (Å²) in [5.74, 6) is 0.893. The number of fused-ring (bicyclic) bond motifs is 2. The summed E-state index contributed by atoms with van der Waals surface area (Å²) in [6.45, 7) is 13.5. The molecular formula is C49H45N3O. The molecule has 4 nitrogen and oxygen atoms in total. The summed E-state index contributed by atoms with van der Waals surface area (Å²) < 4.78 is 2.18. The Hall–Kier alpha value is -6.00. The summed E-state index contributed by atoms with van der Waals surface area (Å²) in [6.07, 6.45) is 2.68. The van der Waals surface area contributed by atoms with Crippen molar-refractivity contribution in [1.82, 2.24) is 14.5 Å². The standard InChI is InChI=1S/C49H45N3O/c1-48(2,3)37-21-23-39(24-22-37)52-43-19-12-18-40(46(43)51-47(52)41-17-10-11-20-44(41)53)35-27-33(26-32-14-8-7-9-15-32)28-36(29-35)42-31-38(49(4,5)6)30-34-16-13-25-50-45(34)42/h7-25,27-31,53H,26H2,1-6H3. The lowest BCUT2D eigenvalue weighted by Crippen LogP contribution is -2.11. The van der Waals surface area contributed by atoms with Crippen molar-refractivity contribution in [2.45, 2.75) is 58.8 Å². The molecule has 0 bridgehead atoms. The second-order valence-corrected chi connectivity index (χ2v) is 16.2. The fourth-order valence-electron chi connectivity index (χ4n) is 7.33. The molecule has 0 fully saturated rings. The average Bonchev–Trinajstić information content (AvgIpc) is 3.54. The van der Waals surface area contributed by atoms with Gasteiger partial charge in [0.15, 0.2) is 0 Å². The Kier molecular flexibility index (Phi) is 8.50. The van der Waals surface area contributed by atoms with Crippen LogP contribution in [0.1, 0.15) is 63.8 Å². The minimum absolute atomic E-state index is 0.0267. The number of phenols is 1. The summed E-state index contributed by atoms with van der Waals surface area (Å²) in [7, 11) is 0. The second kappa shape index (κ2) is 13.2. The van der Waals surface area contributed by atoms with Crippen molar-refractivity contribution in [2.24, 2.45) is 0 Å². The Bertz CT molecular complexity index is 2600. The largest absolute Gasteiger partial charge is 0.507 e. The van der Waals surface area contributed by atoms with Crippen LogP contribution in [0.2, 0.25) is 0 Å². The molecule has 2 heterocycles. The molecule has 53 heavy (non-hydrogen) atoms. The molecular weight excluding hydrogens is 647 g/mol. The van der Waals surface area contributed by atoms with Gasteiger partial charge >= 0.3 is 0 Å². The molecule has 262 valence electrons. The summed E-state index contributed by atoms with van der Waals surface area (Å²) >= 11 is 0. The predicted octanol–water partition coefficient (Wildman–Crippen LogP) is 12.5. The van der Waals surface area contributed by atoms with Gasteiger partial charge < -0.3 is 5.11 Å². The number of benzene rings is 6. The number of para-hydroxylation sites is 2. The number of phenolic OH excluding ortho intramolecular Hbond substituents is 1. The third-order valence-corrected chi connectivity index (χ3v) is 10.3. The van der Waals surface area contributed by atoms with Crippen LogP contribution < -0.4 is 0 Å². The van der Waals surface area contributed by atoms with E-state index in [9.17, 15) is 5.11 Å². The van der Waals surface area contributed by atoms with Gasteiger partial charge in [-0.1, -0.05) is 126 Å². The highest BCUT2D eigenvalue weighted by Crippen LogP contribution is 2.40. The van der Waals surface area contributed by atoms with Crippen LogP contribution in [0.3, 0.4) is 0 Å². The molecule has 0 spiro atoms. The Morgan fingerprint density at radius 2 is 1.23 bits per heavy atom. The molecule has 0 amide bonds. The third-order valence-electron chi connectivity index (χ3n) is 10.3. The quantitative estimate of drug-likeness (QED) is 0.189. The lowest BCUT2D eigenvalue weighted by molar-refractivity contribution is 0.477. The fourth-order valence-corrected chi connectivity index (χ4v) is 7.33. The molecule has 0 aliphatic rings. The molecule has 1 N–H and O–H groups in total. The van der Waals surface area contributed by atoms with E-state index in [0.717, 1.165) is 56.3 Å². The zero-order valence-corrected chi connectivity index (χ0v) is 31.4. The summed E-state index contributed by atoms with van der Waals surface area (Å²) in [5.41, 5.74) is 13.9. The minimum atomic E-state index is -0.0355. The highest BCUT2D eigenvalue weighted by molar-refractivity contribution is 5.99. The van der Waals surface area contributed by atoms with Gasteiger partial charge in [-0.3, -0.25) is 9.55 Å². The van der Waals surface area contributed by atoms with Crippen LogP contribution in [0.4, 0.5) is 0 Å². The highest BCUT2D eigenvalue weighted by Gasteiger charge is 2.22. The van der Waals surface area contributed by atoms with Gasteiger partial charge in [0, 0.05) is 28.4 Å². The van der Waals surface area contributed by atoms with Gasteiger partial charge in [0.05, 0.1) is 22.1 Å². The van der Waals surface area contributed by atoms with Crippen molar-refractivity contribution in [3.05, 3.63) is 168 Å². The lowest BCUT2D eigenvalue weighted by Gasteiger charge is -2.22. The topological polar surface area (TPSA) is 50.9 Å². The van der Waals surface area contributed by atoms with Gasteiger partial charge in [-0.2, -0.15) is 0 Å². The number of pyridine rings is 1. The van der Waals surface area contributed by atoms with E-state index in [4.69, 9.17) is 9.97 Å². The van der Waals surface area contributed by atoms with E-state index in [2.05, 4.69) is 155 Å². The van der Waals surface area contributed by atoms with Gasteiger partial charge in [0.1, 0.15) is 11.6 Å². The number of rotatable bonds is 6. The molecule has 0 unspecified atom stereocenters. The molecule has 0 radical (unpaired) electrons. The molecule has 6 aromatic carbocycles. The highest BCUT2D eigenvalue weighted by atomic mass is 16.3.